The molecule has 0 spiro atoms. The van der Waals surface area contributed by atoms with Gasteiger partial charge in [-0.05, 0) is 91.9 Å². The maximum absolute atomic E-state index is 12.3. The summed E-state index contributed by atoms with van der Waals surface area (Å²) in [7, 11) is 0. The number of rotatable bonds is 7. The summed E-state index contributed by atoms with van der Waals surface area (Å²) in [6.45, 7) is 7.89. The zero-order valence-electron chi connectivity index (χ0n) is 16.7. The van der Waals surface area contributed by atoms with Crippen molar-refractivity contribution in [1.82, 2.24) is 9.97 Å². The van der Waals surface area contributed by atoms with Crippen molar-refractivity contribution in [2.75, 3.05) is 28.6 Å². The molecule has 7 heteroatoms. The van der Waals surface area contributed by atoms with Gasteiger partial charge in [0.25, 0.3) is 5.91 Å². The van der Waals surface area contributed by atoms with Crippen LogP contribution in [0.3, 0.4) is 0 Å². The number of nitrogens with one attached hydrogen (secondary N) is 2. The summed E-state index contributed by atoms with van der Waals surface area (Å²) in [4.78, 5) is 23.5. The lowest BCUT2D eigenvalue weighted by molar-refractivity contribution is 0.102. The van der Waals surface area contributed by atoms with Gasteiger partial charge in [0.15, 0.2) is 0 Å². The Morgan fingerprint density at radius 1 is 0.966 bits per heavy atom. The molecule has 1 aromatic heterocycles. The molecule has 6 nitrogen and oxygen atoms in total. The second kappa shape index (κ2) is 9.69. The Kier molecular flexibility index (Phi) is 7.03. The van der Waals surface area contributed by atoms with Gasteiger partial charge in [0.2, 0.25) is 0 Å². The Hall–Kier alpha value is -2.68. The molecule has 0 radical (unpaired) electrons. The Morgan fingerprint density at radius 3 is 2.21 bits per heavy atom. The molecule has 2 N–H and O–H groups in total. The number of aromatic nitrogens is 2. The van der Waals surface area contributed by atoms with Gasteiger partial charge in [-0.3, -0.25) is 4.79 Å². The number of aryl methyl sites for hydroxylation is 1. The van der Waals surface area contributed by atoms with Crippen molar-refractivity contribution in [2.24, 2.45) is 0 Å². The number of hydrogen-bond donors (Lipinski definition) is 2. The van der Waals surface area contributed by atoms with Gasteiger partial charge in [0.1, 0.15) is 17.5 Å². The summed E-state index contributed by atoms with van der Waals surface area (Å²) in [6.07, 6.45) is 0. The second-order valence-electron chi connectivity index (χ2n) is 6.49. The Morgan fingerprint density at radius 2 is 1.59 bits per heavy atom. The van der Waals surface area contributed by atoms with Gasteiger partial charge in [-0.15, -0.1) is 0 Å². The van der Waals surface area contributed by atoms with Gasteiger partial charge in [-0.2, -0.15) is 0 Å². The van der Waals surface area contributed by atoms with Crippen LogP contribution in [0.4, 0.5) is 23.0 Å². The average molecular weight is 501 g/mol. The van der Waals surface area contributed by atoms with E-state index in [9.17, 15) is 4.79 Å². The molecule has 1 heterocycles. The van der Waals surface area contributed by atoms with E-state index < -0.39 is 0 Å². The molecule has 2 aromatic carbocycles. The van der Waals surface area contributed by atoms with Crippen LogP contribution in [-0.4, -0.2) is 29.0 Å². The second-order valence-corrected chi connectivity index (χ2v) is 7.74. The van der Waals surface area contributed by atoms with Crippen molar-refractivity contribution in [3.63, 3.8) is 0 Å². The molecule has 0 atom stereocenters. The van der Waals surface area contributed by atoms with Crippen molar-refractivity contribution < 1.29 is 4.79 Å². The first kappa shape index (κ1) is 21.0. The van der Waals surface area contributed by atoms with E-state index in [-0.39, 0.29) is 5.91 Å². The van der Waals surface area contributed by atoms with E-state index in [2.05, 4.69) is 61.9 Å². The highest BCUT2D eigenvalue weighted by atomic mass is 127. The molecule has 0 saturated heterocycles. The van der Waals surface area contributed by atoms with Crippen LogP contribution in [0, 0.1) is 10.5 Å². The topological polar surface area (TPSA) is 70.2 Å². The van der Waals surface area contributed by atoms with Gasteiger partial charge in [-0.1, -0.05) is 0 Å². The average Bonchev–Trinajstić information content (AvgIpc) is 2.70. The summed E-state index contributed by atoms with van der Waals surface area (Å²) in [6, 6.07) is 17.0. The predicted octanol–water partition coefficient (Wildman–Crippen LogP) is 5.23. The molecule has 0 aliphatic carbocycles. The van der Waals surface area contributed by atoms with Crippen LogP contribution in [0.1, 0.15) is 30.0 Å². The lowest BCUT2D eigenvalue weighted by Gasteiger charge is -2.20. The summed E-state index contributed by atoms with van der Waals surface area (Å²) in [5, 5.41) is 6.23. The zero-order valence-corrected chi connectivity index (χ0v) is 18.9. The Bertz CT molecular complexity index is 969. The number of benzene rings is 2. The summed E-state index contributed by atoms with van der Waals surface area (Å²) in [5.41, 5.74) is 2.26. The number of hydrogen-bond acceptors (Lipinski definition) is 5. The van der Waals surface area contributed by atoms with E-state index in [0.717, 1.165) is 45.5 Å². The third-order valence-corrected chi connectivity index (χ3v) is 5.15. The fourth-order valence-electron chi connectivity index (χ4n) is 2.91. The molecular formula is C22H24IN5O. The molecule has 0 unspecified atom stereocenters. The standard InChI is InChI=1S/C22H24IN5O/c1-4-28(5-2)21-14-20(24-15(3)25-21)26-18-10-12-19(13-11-18)27-22(29)16-6-8-17(23)9-7-16/h6-14H,4-5H2,1-3H3,(H,27,29)(H,24,25,26). The first-order chi connectivity index (χ1) is 14.0. The van der Waals surface area contributed by atoms with Crippen LogP contribution < -0.4 is 15.5 Å². The van der Waals surface area contributed by atoms with Crippen molar-refractivity contribution in [1.29, 1.82) is 0 Å². The van der Waals surface area contributed by atoms with E-state index in [4.69, 9.17) is 0 Å². The van der Waals surface area contributed by atoms with Crippen LogP contribution in [0.15, 0.2) is 54.6 Å². The molecule has 0 aliphatic heterocycles. The van der Waals surface area contributed by atoms with E-state index in [1.807, 2.05) is 61.5 Å². The fourth-order valence-corrected chi connectivity index (χ4v) is 3.27. The van der Waals surface area contributed by atoms with Crippen LogP contribution in [0.5, 0.6) is 0 Å². The Balaban J connectivity index is 1.69. The molecular weight excluding hydrogens is 477 g/mol. The maximum Gasteiger partial charge on any atom is 0.255 e. The van der Waals surface area contributed by atoms with E-state index in [0.29, 0.717) is 5.56 Å². The number of carbonyl (C=O) groups is 1. The number of halogens is 1. The number of nitrogens with zero attached hydrogens (tertiary/aromatic N) is 3. The monoisotopic (exact) mass is 501 g/mol. The first-order valence-electron chi connectivity index (χ1n) is 9.53. The normalized spacial score (nSPS) is 10.5. The van der Waals surface area contributed by atoms with Crippen molar-refractivity contribution in [3.8, 4) is 0 Å². The lowest BCUT2D eigenvalue weighted by Crippen LogP contribution is -2.23. The smallest absolute Gasteiger partial charge is 0.255 e. The number of amides is 1. The highest BCUT2D eigenvalue weighted by Gasteiger charge is 2.09. The predicted molar refractivity (Wildman–Crippen MR) is 127 cm³/mol. The van der Waals surface area contributed by atoms with Gasteiger partial charge < -0.3 is 15.5 Å². The Labute approximate surface area is 184 Å². The van der Waals surface area contributed by atoms with Crippen molar-refractivity contribution in [3.05, 3.63) is 69.6 Å². The van der Waals surface area contributed by atoms with Gasteiger partial charge >= 0.3 is 0 Å². The fraction of sp³-hybridized carbons (Fsp3) is 0.227. The van der Waals surface area contributed by atoms with Crippen LogP contribution in [-0.2, 0) is 0 Å². The molecule has 1 amide bonds. The molecule has 3 aromatic rings. The highest BCUT2D eigenvalue weighted by Crippen LogP contribution is 2.21. The third kappa shape index (κ3) is 5.66. The highest BCUT2D eigenvalue weighted by molar-refractivity contribution is 14.1. The lowest BCUT2D eigenvalue weighted by atomic mass is 10.2. The first-order valence-corrected chi connectivity index (χ1v) is 10.6. The van der Waals surface area contributed by atoms with Crippen molar-refractivity contribution >= 4 is 51.5 Å². The molecule has 0 fully saturated rings. The van der Waals surface area contributed by atoms with Crippen molar-refractivity contribution in [2.45, 2.75) is 20.8 Å². The largest absolute Gasteiger partial charge is 0.357 e. The molecule has 0 saturated carbocycles. The zero-order chi connectivity index (χ0) is 20.8. The number of carbonyl (C=O) groups excluding carboxylic acids is 1. The minimum absolute atomic E-state index is 0.127. The molecule has 0 aliphatic rings. The molecule has 29 heavy (non-hydrogen) atoms. The van der Waals surface area contributed by atoms with Gasteiger partial charge in [0, 0.05) is 39.7 Å². The molecule has 150 valence electrons. The minimum Gasteiger partial charge on any atom is -0.357 e. The van der Waals surface area contributed by atoms with Crippen LogP contribution >= 0.6 is 22.6 Å². The van der Waals surface area contributed by atoms with Crippen LogP contribution in [0.25, 0.3) is 0 Å². The molecule has 0 bridgehead atoms. The number of anilines is 4. The molecule has 3 rings (SSSR count). The summed E-state index contributed by atoms with van der Waals surface area (Å²) >= 11 is 2.22. The van der Waals surface area contributed by atoms with E-state index in [1.165, 1.54) is 0 Å². The van der Waals surface area contributed by atoms with E-state index in [1.54, 1.807) is 0 Å². The minimum atomic E-state index is -0.127. The van der Waals surface area contributed by atoms with Gasteiger partial charge in [0.05, 0.1) is 0 Å². The van der Waals surface area contributed by atoms with Gasteiger partial charge in [-0.25, -0.2) is 9.97 Å². The summed E-state index contributed by atoms with van der Waals surface area (Å²) in [5.74, 6) is 2.25. The quantitative estimate of drug-likeness (QED) is 0.434. The summed E-state index contributed by atoms with van der Waals surface area (Å²) < 4.78 is 1.10. The van der Waals surface area contributed by atoms with E-state index >= 15 is 0 Å². The SMILES string of the molecule is CCN(CC)c1cc(Nc2ccc(NC(=O)c3ccc(I)cc3)cc2)nc(C)n1. The van der Waals surface area contributed by atoms with Crippen LogP contribution in [0.2, 0.25) is 0 Å². The maximum atomic E-state index is 12.3. The third-order valence-electron chi connectivity index (χ3n) is 4.43.